The minimum atomic E-state index is -3.78. The zero-order valence-electron chi connectivity index (χ0n) is 15.1. The zero-order valence-corrected chi connectivity index (χ0v) is 15.1. The Balaban J connectivity index is 1.49. The summed E-state index contributed by atoms with van der Waals surface area (Å²) in [4.78, 5) is 7.79. The first-order chi connectivity index (χ1) is 14.4. The largest absolute Gasteiger partial charge is 0.586 e. The number of aromatic nitrogens is 2. The van der Waals surface area contributed by atoms with Gasteiger partial charge in [-0.05, 0) is 30.3 Å². The van der Waals surface area contributed by atoms with Crippen LogP contribution in [-0.2, 0) is 0 Å². The van der Waals surface area contributed by atoms with Crippen molar-refractivity contribution in [1.29, 1.82) is 0 Å². The number of nitrogen functional groups attached to an aromatic ring is 1. The monoisotopic (exact) mass is 418 g/mol. The second-order valence-corrected chi connectivity index (χ2v) is 6.41. The molecule has 11 heteroatoms. The second kappa shape index (κ2) is 6.58. The molecule has 3 aromatic rings. The summed E-state index contributed by atoms with van der Waals surface area (Å²) in [6.45, 7) is 0.847. The van der Waals surface area contributed by atoms with Crippen molar-refractivity contribution in [2.45, 2.75) is 6.29 Å². The first-order valence-electron chi connectivity index (χ1n) is 8.78. The molecule has 1 aromatic heterocycles. The Labute approximate surface area is 167 Å². The number of anilines is 3. The van der Waals surface area contributed by atoms with Crippen LogP contribution in [-0.4, -0.2) is 29.5 Å². The van der Waals surface area contributed by atoms with Crippen LogP contribution in [0.15, 0.2) is 36.4 Å². The molecule has 0 radical (unpaired) electrons. The number of nitrogens with one attached hydrogen (secondary N) is 1. The summed E-state index contributed by atoms with van der Waals surface area (Å²) in [5.74, 6) is -0.564. The van der Waals surface area contributed by atoms with E-state index in [1.165, 1.54) is 18.2 Å². The molecule has 8 nitrogen and oxygen atoms in total. The minimum absolute atomic E-state index is 0.159. The number of fused-ring (bicyclic) bond motifs is 2. The number of ether oxygens (including phenoxy) is 4. The van der Waals surface area contributed by atoms with Crippen LogP contribution in [0.2, 0.25) is 0 Å². The highest BCUT2D eigenvalue weighted by molar-refractivity contribution is 5.71. The Morgan fingerprint density at radius 1 is 0.900 bits per heavy atom. The maximum absolute atomic E-state index is 15.1. The molecule has 0 aliphatic carbocycles. The number of rotatable bonds is 3. The van der Waals surface area contributed by atoms with Gasteiger partial charge in [0.2, 0.25) is 5.95 Å². The molecule has 2 aliphatic heterocycles. The van der Waals surface area contributed by atoms with Crippen LogP contribution < -0.4 is 30.0 Å². The summed E-state index contributed by atoms with van der Waals surface area (Å²) in [7, 11) is 0. The number of hydrogen-bond donors (Lipinski definition) is 2. The molecule has 2 aliphatic rings. The van der Waals surface area contributed by atoms with Gasteiger partial charge in [-0.2, -0.15) is 4.98 Å². The van der Waals surface area contributed by atoms with Crippen molar-refractivity contribution >= 4 is 17.5 Å². The lowest BCUT2D eigenvalue weighted by atomic mass is 10.1. The smallest absolute Gasteiger partial charge is 0.486 e. The summed E-state index contributed by atoms with van der Waals surface area (Å²) < 4.78 is 61.4. The fourth-order valence-electron chi connectivity index (χ4n) is 3.09. The summed E-state index contributed by atoms with van der Waals surface area (Å²) >= 11 is 0. The van der Waals surface area contributed by atoms with E-state index < -0.39 is 12.1 Å². The molecule has 0 fully saturated rings. The third kappa shape index (κ3) is 3.23. The van der Waals surface area contributed by atoms with E-state index in [1.54, 1.807) is 18.2 Å². The number of halogens is 3. The number of benzene rings is 2. The van der Waals surface area contributed by atoms with Crippen molar-refractivity contribution in [3.63, 3.8) is 0 Å². The third-order valence-corrected chi connectivity index (χ3v) is 4.35. The molecule has 154 valence electrons. The topological polar surface area (TPSA) is 101 Å². The average molecular weight is 418 g/mol. The SMILES string of the molecule is Nc1nc(Nc2ccc3c(c2)OCCO3)c(F)c(-c2ccc3c(c2)OC(F)(F)O3)n1. The van der Waals surface area contributed by atoms with E-state index in [2.05, 4.69) is 24.8 Å². The van der Waals surface area contributed by atoms with Gasteiger partial charge in [-0.25, -0.2) is 9.37 Å². The van der Waals surface area contributed by atoms with Crippen molar-refractivity contribution < 1.29 is 32.1 Å². The van der Waals surface area contributed by atoms with Gasteiger partial charge >= 0.3 is 6.29 Å². The molecule has 30 heavy (non-hydrogen) atoms. The van der Waals surface area contributed by atoms with Crippen LogP contribution in [0.4, 0.5) is 30.6 Å². The van der Waals surface area contributed by atoms with Crippen molar-refractivity contribution in [2.24, 2.45) is 0 Å². The summed E-state index contributed by atoms with van der Waals surface area (Å²) in [5, 5.41) is 2.82. The maximum Gasteiger partial charge on any atom is 0.586 e. The number of hydrogen-bond acceptors (Lipinski definition) is 8. The Morgan fingerprint density at radius 2 is 1.63 bits per heavy atom. The van der Waals surface area contributed by atoms with Gasteiger partial charge < -0.3 is 30.0 Å². The number of alkyl halides is 2. The molecule has 2 aromatic carbocycles. The minimum Gasteiger partial charge on any atom is -0.486 e. The highest BCUT2D eigenvalue weighted by Crippen LogP contribution is 2.43. The first-order valence-corrected chi connectivity index (χ1v) is 8.78. The summed E-state index contributed by atoms with van der Waals surface area (Å²) in [6, 6.07) is 8.76. The standard InChI is InChI=1S/C19H13F3N4O4/c20-15-16(9-1-3-12-14(7-9)30-19(21,22)29-12)25-18(23)26-17(15)24-10-2-4-11-13(8-10)28-6-5-27-11/h1-4,7-8H,5-6H2,(H3,23,24,25,26). The normalized spacial score (nSPS) is 15.7. The Hall–Kier alpha value is -3.89. The van der Waals surface area contributed by atoms with Gasteiger partial charge in [0.15, 0.2) is 34.6 Å². The number of nitrogens with zero attached hydrogens (tertiary/aromatic N) is 2. The van der Waals surface area contributed by atoms with Crippen LogP contribution in [0.25, 0.3) is 11.3 Å². The summed E-state index contributed by atoms with van der Waals surface area (Å²) in [5.41, 5.74) is 6.18. The van der Waals surface area contributed by atoms with E-state index in [4.69, 9.17) is 15.2 Å². The lowest BCUT2D eigenvalue weighted by Gasteiger charge is -2.19. The Morgan fingerprint density at radius 3 is 2.47 bits per heavy atom. The van der Waals surface area contributed by atoms with Gasteiger partial charge in [0, 0.05) is 17.3 Å². The summed E-state index contributed by atoms with van der Waals surface area (Å²) in [6.07, 6.45) is -3.78. The third-order valence-electron chi connectivity index (χ3n) is 4.35. The maximum atomic E-state index is 15.1. The molecular formula is C19H13F3N4O4. The molecule has 0 bridgehead atoms. The zero-order chi connectivity index (χ0) is 20.9. The van der Waals surface area contributed by atoms with Crippen LogP contribution in [0, 0.1) is 5.82 Å². The fraction of sp³-hybridized carbons (Fsp3) is 0.158. The van der Waals surface area contributed by atoms with E-state index in [1.807, 2.05) is 0 Å². The second-order valence-electron chi connectivity index (χ2n) is 6.41. The predicted molar refractivity (Wildman–Crippen MR) is 98.8 cm³/mol. The molecule has 3 N–H and O–H groups in total. The quantitative estimate of drug-likeness (QED) is 0.664. The molecule has 0 amide bonds. The molecule has 5 rings (SSSR count). The molecule has 0 spiro atoms. The highest BCUT2D eigenvalue weighted by atomic mass is 19.3. The van der Waals surface area contributed by atoms with E-state index in [0.29, 0.717) is 30.4 Å². The molecule has 3 heterocycles. The van der Waals surface area contributed by atoms with Gasteiger partial charge in [-0.1, -0.05) is 0 Å². The van der Waals surface area contributed by atoms with Gasteiger partial charge in [-0.3, -0.25) is 0 Å². The van der Waals surface area contributed by atoms with Gasteiger partial charge in [0.25, 0.3) is 0 Å². The van der Waals surface area contributed by atoms with E-state index in [-0.39, 0.29) is 34.5 Å². The van der Waals surface area contributed by atoms with Gasteiger partial charge in [0.1, 0.15) is 18.9 Å². The highest BCUT2D eigenvalue weighted by Gasteiger charge is 2.43. The van der Waals surface area contributed by atoms with Crippen molar-refractivity contribution in [3.05, 3.63) is 42.2 Å². The lowest BCUT2D eigenvalue weighted by Crippen LogP contribution is -2.25. The van der Waals surface area contributed by atoms with Crippen LogP contribution in [0.3, 0.4) is 0 Å². The van der Waals surface area contributed by atoms with E-state index in [0.717, 1.165) is 0 Å². The first kappa shape index (κ1) is 18.2. The molecule has 0 atom stereocenters. The van der Waals surface area contributed by atoms with Crippen molar-refractivity contribution in [3.8, 4) is 34.3 Å². The van der Waals surface area contributed by atoms with Crippen molar-refractivity contribution in [2.75, 3.05) is 24.3 Å². The van der Waals surface area contributed by atoms with E-state index >= 15 is 4.39 Å². The van der Waals surface area contributed by atoms with E-state index in [9.17, 15) is 8.78 Å². The van der Waals surface area contributed by atoms with Gasteiger partial charge in [0.05, 0.1) is 0 Å². The molecular weight excluding hydrogens is 405 g/mol. The van der Waals surface area contributed by atoms with Crippen LogP contribution in [0.1, 0.15) is 0 Å². The van der Waals surface area contributed by atoms with Gasteiger partial charge in [-0.15, -0.1) is 8.78 Å². The predicted octanol–water partition coefficient (Wildman–Crippen LogP) is 3.70. The van der Waals surface area contributed by atoms with Crippen LogP contribution in [0.5, 0.6) is 23.0 Å². The Kier molecular flexibility index (Phi) is 3.98. The lowest BCUT2D eigenvalue weighted by molar-refractivity contribution is -0.286. The number of nitrogens with two attached hydrogens (primary N) is 1. The Bertz CT molecular complexity index is 1160. The fourth-order valence-corrected chi connectivity index (χ4v) is 3.09. The van der Waals surface area contributed by atoms with Crippen LogP contribution >= 0.6 is 0 Å². The molecule has 0 saturated heterocycles. The molecule has 0 unspecified atom stereocenters. The average Bonchev–Trinajstić information content (AvgIpc) is 3.03. The van der Waals surface area contributed by atoms with Crippen molar-refractivity contribution in [1.82, 2.24) is 9.97 Å². The molecule has 0 saturated carbocycles.